The van der Waals surface area contributed by atoms with Crippen LogP contribution in [0.5, 0.6) is 0 Å². The molecule has 3 rings (SSSR count). The summed E-state index contributed by atoms with van der Waals surface area (Å²) in [6.07, 6.45) is 4.29. The van der Waals surface area contributed by atoms with Crippen LogP contribution >= 0.6 is 11.3 Å². The monoisotopic (exact) mass is 340 g/mol. The van der Waals surface area contributed by atoms with Gasteiger partial charge in [-0.1, -0.05) is 38.3 Å². The lowest BCUT2D eigenvalue weighted by molar-refractivity contribution is 0.0498. The van der Waals surface area contributed by atoms with Crippen LogP contribution in [0.1, 0.15) is 43.0 Å². The van der Waals surface area contributed by atoms with E-state index in [1.54, 1.807) is 18.2 Å². The fraction of sp³-hybridized carbons (Fsp3) is 0.300. The third kappa shape index (κ3) is 3.49. The summed E-state index contributed by atoms with van der Waals surface area (Å²) in [5.74, 6) is -0.318. The Hall–Kier alpha value is -2.20. The first-order valence-electron chi connectivity index (χ1n) is 8.33. The maximum Gasteiger partial charge on any atom is 0.338 e. The van der Waals surface area contributed by atoms with Crippen molar-refractivity contribution in [3.63, 3.8) is 0 Å². The van der Waals surface area contributed by atoms with Gasteiger partial charge in [0.15, 0.2) is 5.43 Å². The molecule has 24 heavy (non-hydrogen) atoms. The quantitative estimate of drug-likeness (QED) is 0.354. The van der Waals surface area contributed by atoms with Crippen molar-refractivity contribution in [2.24, 2.45) is 0 Å². The molecule has 0 fully saturated rings. The van der Waals surface area contributed by atoms with Crippen molar-refractivity contribution in [3.8, 4) is 0 Å². The van der Waals surface area contributed by atoms with Crippen LogP contribution in [0.2, 0.25) is 0 Å². The van der Waals surface area contributed by atoms with Gasteiger partial charge in [-0.05, 0) is 36.8 Å². The van der Waals surface area contributed by atoms with Gasteiger partial charge < -0.3 is 4.74 Å². The summed E-state index contributed by atoms with van der Waals surface area (Å²) in [7, 11) is 0. The number of carbonyl (C=O) groups excluding carboxylic acids is 1. The Labute approximate surface area is 144 Å². The number of rotatable bonds is 6. The number of carbonyl (C=O) groups is 1. The predicted octanol–water partition coefficient (Wildman–Crippen LogP) is 5.15. The molecule has 0 saturated heterocycles. The zero-order valence-corrected chi connectivity index (χ0v) is 14.5. The average Bonchev–Trinajstić information content (AvgIpc) is 2.61. The Kier molecular flexibility index (Phi) is 5.26. The maximum atomic E-state index is 12.5. The van der Waals surface area contributed by atoms with Crippen LogP contribution in [0.3, 0.4) is 0 Å². The highest BCUT2D eigenvalue weighted by Crippen LogP contribution is 2.25. The lowest BCUT2D eigenvalue weighted by Gasteiger charge is -2.06. The number of esters is 1. The molecule has 0 aliphatic carbocycles. The second kappa shape index (κ2) is 7.58. The van der Waals surface area contributed by atoms with Crippen molar-refractivity contribution in [1.82, 2.24) is 0 Å². The number of benzene rings is 2. The highest BCUT2D eigenvalue weighted by atomic mass is 32.1. The van der Waals surface area contributed by atoms with Gasteiger partial charge in [0, 0.05) is 20.2 Å². The van der Waals surface area contributed by atoms with Crippen LogP contribution in [-0.4, -0.2) is 12.6 Å². The maximum absolute atomic E-state index is 12.5. The highest BCUT2D eigenvalue weighted by Gasteiger charge is 2.11. The van der Waals surface area contributed by atoms with Gasteiger partial charge in [0.25, 0.3) is 0 Å². The van der Waals surface area contributed by atoms with E-state index in [0.717, 1.165) is 40.5 Å². The van der Waals surface area contributed by atoms with Crippen molar-refractivity contribution in [3.05, 3.63) is 58.3 Å². The Balaban J connectivity index is 1.84. The Morgan fingerprint density at radius 1 is 1.00 bits per heavy atom. The summed E-state index contributed by atoms with van der Waals surface area (Å²) < 4.78 is 7.08. The first kappa shape index (κ1) is 16.7. The second-order valence-corrected chi connectivity index (χ2v) is 6.92. The van der Waals surface area contributed by atoms with Gasteiger partial charge in [-0.2, -0.15) is 0 Å². The standard InChI is InChI=1S/C20H20O3S/c1-2-3-4-7-12-23-20(22)14-10-11-16-18(13-14)24-17-9-6-5-8-15(17)19(16)21/h5-6,8-11,13H,2-4,7,12H2,1H3. The minimum absolute atomic E-state index is 0.0128. The summed E-state index contributed by atoms with van der Waals surface area (Å²) >= 11 is 1.52. The first-order valence-corrected chi connectivity index (χ1v) is 9.15. The lowest BCUT2D eigenvalue weighted by Crippen LogP contribution is -2.07. The Morgan fingerprint density at radius 3 is 2.62 bits per heavy atom. The smallest absolute Gasteiger partial charge is 0.338 e. The zero-order valence-electron chi connectivity index (χ0n) is 13.7. The van der Waals surface area contributed by atoms with Crippen LogP contribution in [0.4, 0.5) is 0 Å². The van der Waals surface area contributed by atoms with Crippen molar-refractivity contribution in [2.45, 2.75) is 32.6 Å². The van der Waals surface area contributed by atoms with Crippen molar-refractivity contribution in [1.29, 1.82) is 0 Å². The topological polar surface area (TPSA) is 43.4 Å². The largest absolute Gasteiger partial charge is 0.462 e. The molecule has 1 heterocycles. The fourth-order valence-electron chi connectivity index (χ4n) is 2.71. The molecule has 0 saturated carbocycles. The summed E-state index contributed by atoms with van der Waals surface area (Å²) in [6, 6.07) is 12.7. The zero-order chi connectivity index (χ0) is 16.9. The van der Waals surface area contributed by atoms with Crippen LogP contribution in [0.15, 0.2) is 47.3 Å². The molecule has 0 unspecified atom stereocenters. The van der Waals surface area contributed by atoms with Gasteiger partial charge in [0.1, 0.15) is 0 Å². The molecule has 124 valence electrons. The molecule has 3 nitrogen and oxygen atoms in total. The molecule has 1 aromatic heterocycles. The predicted molar refractivity (Wildman–Crippen MR) is 100 cm³/mol. The Morgan fingerprint density at radius 2 is 1.79 bits per heavy atom. The number of unbranched alkanes of at least 4 members (excludes halogenated alkanes) is 3. The summed E-state index contributed by atoms with van der Waals surface area (Å²) in [4.78, 5) is 24.7. The fourth-order valence-corrected chi connectivity index (χ4v) is 3.82. The molecule has 3 aromatic rings. The molecular formula is C20H20O3S. The second-order valence-electron chi connectivity index (χ2n) is 5.83. The van der Waals surface area contributed by atoms with Gasteiger partial charge in [0.05, 0.1) is 12.2 Å². The molecule has 0 spiro atoms. The van der Waals surface area contributed by atoms with E-state index in [1.807, 2.05) is 24.3 Å². The molecule has 0 atom stereocenters. The van der Waals surface area contributed by atoms with Gasteiger partial charge in [-0.3, -0.25) is 4.79 Å². The van der Waals surface area contributed by atoms with Gasteiger partial charge in [0.2, 0.25) is 0 Å². The van der Waals surface area contributed by atoms with E-state index in [-0.39, 0.29) is 11.4 Å². The molecular weight excluding hydrogens is 320 g/mol. The number of ether oxygens (including phenoxy) is 1. The lowest BCUT2D eigenvalue weighted by atomic mass is 10.1. The molecule has 0 aliphatic heterocycles. The summed E-state index contributed by atoms with van der Waals surface area (Å²) in [6.45, 7) is 2.60. The van der Waals surface area contributed by atoms with E-state index in [9.17, 15) is 9.59 Å². The third-order valence-corrected chi connectivity index (χ3v) is 5.18. The minimum atomic E-state index is -0.318. The number of hydrogen-bond acceptors (Lipinski definition) is 4. The van der Waals surface area contributed by atoms with Crippen LogP contribution in [0.25, 0.3) is 20.2 Å². The molecule has 0 bridgehead atoms. The normalized spacial score (nSPS) is 11.0. The van der Waals surface area contributed by atoms with E-state index in [2.05, 4.69) is 6.92 Å². The number of hydrogen-bond donors (Lipinski definition) is 0. The Bertz CT molecular complexity index is 927. The number of fused-ring (bicyclic) bond motifs is 2. The van der Waals surface area contributed by atoms with E-state index >= 15 is 0 Å². The molecule has 4 heteroatoms. The van der Waals surface area contributed by atoms with Crippen LogP contribution < -0.4 is 5.43 Å². The molecule has 0 aliphatic rings. The molecule has 2 aromatic carbocycles. The highest BCUT2D eigenvalue weighted by molar-refractivity contribution is 7.24. The van der Waals surface area contributed by atoms with E-state index in [1.165, 1.54) is 11.3 Å². The van der Waals surface area contributed by atoms with Gasteiger partial charge in [-0.15, -0.1) is 11.3 Å². The first-order chi connectivity index (χ1) is 11.7. The van der Waals surface area contributed by atoms with Gasteiger partial charge >= 0.3 is 5.97 Å². The van der Waals surface area contributed by atoms with Crippen molar-refractivity contribution in [2.75, 3.05) is 6.61 Å². The van der Waals surface area contributed by atoms with Gasteiger partial charge in [-0.25, -0.2) is 4.79 Å². The molecule has 0 amide bonds. The average molecular weight is 340 g/mol. The summed E-state index contributed by atoms with van der Waals surface area (Å²) in [5.41, 5.74) is 0.516. The van der Waals surface area contributed by atoms with E-state index in [0.29, 0.717) is 17.6 Å². The molecule has 0 N–H and O–H groups in total. The third-order valence-electron chi connectivity index (χ3n) is 4.04. The van der Waals surface area contributed by atoms with Crippen LogP contribution in [0, 0.1) is 0 Å². The minimum Gasteiger partial charge on any atom is -0.462 e. The summed E-state index contributed by atoms with van der Waals surface area (Å²) in [5, 5.41) is 1.37. The van der Waals surface area contributed by atoms with Crippen LogP contribution in [-0.2, 0) is 4.74 Å². The molecule has 0 radical (unpaired) electrons. The SMILES string of the molecule is CCCCCCOC(=O)c1ccc2c(=O)c3ccccc3sc2c1. The van der Waals surface area contributed by atoms with E-state index < -0.39 is 0 Å². The van der Waals surface area contributed by atoms with Crippen molar-refractivity contribution >= 4 is 37.5 Å². The van der Waals surface area contributed by atoms with Crippen molar-refractivity contribution < 1.29 is 9.53 Å². The van der Waals surface area contributed by atoms with E-state index in [4.69, 9.17) is 4.74 Å².